The molecular weight excluding hydrogens is 504 g/mol. The Morgan fingerprint density at radius 2 is 1.63 bits per heavy atom. The number of hydrogen-bond acceptors (Lipinski definition) is 6. The molecule has 200 valence electrons. The first-order chi connectivity index (χ1) is 18.3. The maximum absolute atomic E-state index is 13.2. The summed E-state index contributed by atoms with van der Waals surface area (Å²) in [6, 6.07) is 21.0. The van der Waals surface area contributed by atoms with E-state index in [1.54, 1.807) is 31.4 Å². The van der Waals surface area contributed by atoms with Gasteiger partial charge in [0.15, 0.2) is 0 Å². The number of hydrogen-bond donors (Lipinski definition) is 2. The highest BCUT2D eigenvalue weighted by atomic mass is 32.2. The highest BCUT2D eigenvalue weighted by Crippen LogP contribution is 2.29. The number of benzene rings is 3. The predicted molar refractivity (Wildman–Crippen MR) is 147 cm³/mol. The number of carbonyl (C=O) groups excluding carboxylic acids is 2. The molecule has 1 aliphatic heterocycles. The Kier molecular flexibility index (Phi) is 8.65. The summed E-state index contributed by atoms with van der Waals surface area (Å²) in [5.41, 5.74) is 2.96. The fourth-order valence-corrected chi connectivity index (χ4v) is 5.74. The minimum absolute atomic E-state index is 0.0914. The molecule has 3 aromatic rings. The van der Waals surface area contributed by atoms with Crippen LogP contribution in [-0.2, 0) is 14.8 Å². The van der Waals surface area contributed by atoms with E-state index < -0.39 is 10.0 Å². The average Bonchev–Trinajstić information content (AvgIpc) is 2.93. The van der Waals surface area contributed by atoms with Gasteiger partial charge in [-0.3, -0.25) is 9.59 Å². The summed E-state index contributed by atoms with van der Waals surface area (Å²) in [5.74, 6) is 0.243. The summed E-state index contributed by atoms with van der Waals surface area (Å²) in [4.78, 5) is 26.8. The van der Waals surface area contributed by atoms with Crippen molar-refractivity contribution in [2.45, 2.75) is 18.2 Å². The molecule has 0 aliphatic carbocycles. The lowest BCUT2D eigenvalue weighted by Gasteiger charge is -2.35. The Morgan fingerprint density at radius 1 is 0.921 bits per heavy atom. The fourth-order valence-electron chi connectivity index (χ4n) is 4.32. The van der Waals surface area contributed by atoms with Crippen molar-refractivity contribution in [3.63, 3.8) is 0 Å². The van der Waals surface area contributed by atoms with Gasteiger partial charge in [0.05, 0.1) is 17.7 Å². The Labute approximate surface area is 223 Å². The number of aryl methyl sites for hydroxylation is 1. The number of nitrogens with zero attached hydrogens (tertiary/aromatic N) is 2. The third kappa shape index (κ3) is 6.51. The van der Waals surface area contributed by atoms with E-state index in [4.69, 9.17) is 4.74 Å². The minimum atomic E-state index is -3.67. The lowest BCUT2D eigenvalue weighted by Crippen LogP contribution is -2.48. The zero-order valence-corrected chi connectivity index (χ0v) is 22.3. The summed E-state index contributed by atoms with van der Waals surface area (Å²) in [5, 5.41) is 5.47. The Hall–Kier alpha value is -3.89. The van der Waals surface area contributed by atoms with E-state index in [1.807, 2.05) is 43.3 Å². The fraction of sp³-hybridized carbons (Fsp3) is 0.286. The van der Waals surface area contributed by atoms with E-state index in [9.17, 15) is 18.0 Å². The molecule has 0 spiro atoms. The Morgan fingerprint density at radius 3 is 2.32 bits per heavy atom. The van der Waals surface area contributed by atoms with Crippen LogP contribution in [0, 0.1) is 6.92 Å². The molecule has 1 fully saturated rings. The molecule has 2 N–H and O–H groups in total. The molecule has 0 bridgehead atoms. The van der Waals surface area contributed by atoms with Crippen molar-refractivity contribution in [1.82, 2.24) is 9.62 Å². The monoisotopic (exact) mass is 536 g/mol. The summed E-state index contributed by atoms with van der Waals surface area (Å²) in [6.07, 6.45) is 0.0914. The quantitative estimate of drug-likeness (QED) is 0.435. The summed E-state index contributed by atoms with van der Waals surface area (Å²) >= 11 is 0. The maximum Gasteiger partial charge on any atom is 0.251 e. The van der Waals surface area contributed by atoms with Crippen molar-refractivity contribution in [1.29, 1.82) is 0 Å². The number of rotatable bonds is 9. The predicted octanol–water partition coefficient (Wildman–Crippen LogP) is 3.27. The van der Waals surface area contributed by atoms with Gasteiger partial charge in [-0.15, -0.1) is 0 Å². The summed E-state index contributed by atoms with van der Waals surface area (Å²) in [6.45, 7) is 3.90. The van der Waals surface area contributed by atoms with Gasteiger partial charge in [0.2, 0.25) is 15.9 Å². The van der Waals surface area contributed by atoms with Crippen LogP contribution in [0.5, 0.6) is 5.75 Å². The zero-order valence-electron chi connectivity index (χ0n) is 21.5. The van der Waals surface area contributed by atoms with Gasteiger partial charge in [-0.05, 0) is 55.5 Å². The van der Waals surface area contributed by atoms with Crippen LogP contribution in [0.3, 0.4) is 0 Å². The van der Waals surface area contributed by atoms with Crippen LogP contribution >= 0.6 is 0 Å². The largest absolute Gasteiger partial charge is 0.495 e. The number of para-hydroxylation sites is 2. The van der Waals surface area contributed by atoms with Gasteiger partial charge in [-0.1, -0.05) is 29.8 Å². The normalized spacial score (nSPS) is 14.1. The van der Waals surface area contributed by atoms with Crippen molar-refractivity contribution in [2.24, 2.45) is 0 Å². The van der Waals surface area contributed by atoms with Crippen molar-refractivity contribution in [3.05, 3.63) is 83.9 Å². The molecule has 0 unspecified atom stereocenters. The molecule has 4 rings (SSSR count). The van der Waals surface area contributed by atoms with E-state index >= 15 is 0 Å². The lowest BCUT2D eigenvalue weighted by atomic mass is 10.1. The third-order valence-corrected chi connectivity index (χ3v) is 8.27. The van der Waals surface area contributed by atoms with Crippen LogP contribution in [0.1, 0.15) is 22.3 Å². The van der Waals surface area contributed by atoms with Crippen molar-refractivity contribution in [2.75, 3.05) is 50.1 Å². The molecule has 2 amide bonds. The second kappa shape index (κ2) is 12.1. The van der Waals surface area contributed by atoms with Crippen LogP contribution in [0.25, 0.3) is 0 Å². The number of sulfonamides is 1. The Balaban J connectivity index is 1.27. The number of piperazine rings is 1. The van der Waals surface area contributed by atoms with Gasteiger partial charge in [0.25, 0.3) is 5.91 Å². The van der Waals surface area contributed by atoms with Gasteiger partial charge in [-0.25, -0.2) is 8.42 Å². The van der Waals surface area contributed by atoms with E-state index in [0.29, 0.717) is 37.4 Å². The first-order valence-electron chi connectivity index (χ1n) is 12.4. The van der Waals surface area contributed by atoms with Crippen LogP contribution in [0.15, 0.2) is 77.7 Å². The van der Waals surface area contributed by atoms with Gasteiger partial charge in [0, 0.05) is 50.4 Å². The molecule has 0 atom stereocenters. The highest BCUT2D eigenvalue weighted by Gasteiger charge is 2.29. The smallest absolute Gasteiger partial charge is 0.251 e. The van der Waals surface area contributed by atoms with Crippen LogP contribution in [0.4, 0.5) is 11.4 Å². The number of carbonyl (C=O) groups is 2. The molecule has 1 heterocycles. The average molecular weight is 537 g/mol. The molecule has 3 aromatic carbocycles. The van der Waals surface area contributed by atoms with E-state index in [0.717, 1.165) is 17.0 Å². The lowest BCUT2D eigenvalue weighted by molar-refractivity contribution is -0.116. The van der Waals surface area contributed by atoms with Gasteiger partial charge < -0.3 is 20.3 Å². The maximum atomic E-state index is 13.2. The van der Waals surface area contributed by atoms with Crippen LogP contribution in [0.2, 0.25) is 0 Å². The molecule has 38 heavy (non-hydrogen) atoms. The topological polar surface area (TPSA) is 108 Å². The number of ether oxygens (including phenoxy) is 1. The van der Waals surface area contributed by atoms with Crippen molar-refractivity contribution in [3.8, 4) is 5.75 Å². The third-order valence-electron chi connectivity index (χ3n) is 6.36. The van der Waals surface area contributed by atoms with E-state index in [-0.39, 0.29) is 29.7 Å². The molecule has 1 saturated heterocycles. The standard InChI is InChI=1S/C28H32N4O5S/c1-21-6-5-7-22(20-21)28(34)29-15-14-27(33)30-23-10-12-24(13-11-23)38(35,36)32-18-16-31(17-19-32)25-8-3-4-9-26(25)37-2/h3-13,20H,14-19H2,1-2H3,(H,29,34)(H,30,33). The first kappa shape index (κ1) is 27.2. The van der Waals surface area contributed by atoms with Gasteiger partial charge >= 0.3 is 0 Å². The molecule has 0 saturated carbocycles. The molecule has 0 radical (unpaired) electrons. The second-order valence-electron chi connectivity index (χ2n) is 9.01. The minimum Gasteiger partial charge on any atom is -0.495 e. The van der Waals surface area contributed by atoms with E-state index in [2.05, 4.69) is 15.5 Å². The SMILES string of the molecule is COc1ccccc1N1CCN(S(=O)(=O)c2ccc(NC(=O)CCNC(=O)c3cccc(C)c3)cc2)CC1. The van der Waals surface area contributed by atoms with Crippen LogP contribution in [-0.4, -0.2) is 64.4 Å². The van der Waals surface area contributed by atoms with Gasteiger partial charge in [-0.2, -0.15) is 4.31 Å². The number of anilines is 2. The molecule has 0 aromatic heterocycles. The van der Waals surface area contributed by atoms with Crippen molar-refractivity contribution < 1.29 is 22.7 Å². The summed E-state index contributed by atoms with van der Waals surface area (Å²) in [7, 11) is -2.05. The molecule has 9 nitrogen and oxygen atoms in total. The van der Waals surface area contributed by atoms with Crippen LogP contribution < -0.4 is 20.3 Å². The van der Waals surface area contributed by atoms with Crippen molar-refractivity contribution >= 4 is 33.2 Å². The number of nitrogens with one attached hydrogen (secondary N) is 2. The first-order valence-corrected chi connectivity index (χ1v) is 13.8. The summed E-state index contributed by atoms with van der Waals surface area (Å²) < 4.78 is 33.3. The highest BCUT2D eigenvalue weighted by molar-refractivity contribution is 7.89. The number of amides is 2. The molecule has 1 aliphatic rings. The second-order valence-corrected chi connectivity index (χ2v) is 10.9. The van der Waals surface area contributed by atoms with E-state index in [1.165, 1.54) is 16.4 Å². The molecule has 10 heteroatoms. The Bertz CT molecular complexity index is 1380. The molecular formula is C28H32N4O5S. The van der Waals surface area contributed by atoms with Gasteiger partial charge in [0.1, 0.15) is 5.75 Å². The zero-order chi connectivity index (χ0) is 27.1. The number of methoxy groups -OCH3 is 1.